The molecule has 1 heterocycles. The number of hydrogen-bond donors (Lipinski definition) is 2. The third-order valence-corrected chi connectivity index (χ3v) is 4.75. The van der Waals surface area contributed by atoms with E-state index in [0.717, 1.165) is 5.56 Å². The second kappa shape index (κ2) is 7.00. The first-order valence-electron chi connectivity index (χ1n) is 6.31. The minimum atomic E-state index is -3.62. The van der Waals surface area contributed by atoms with Crippen LogP contribution in [0.15, 0.2) is 47.6 Å². The molecule has 112 valence electrons. The molecule has 0 amide bonds. The van der Waals surface area contributed by atoms with Crippen LogP contribution in [0, 0.1) is 0 Å². The SMILES string of the molecule is O=S(=O)(NCCc1cccnc1)c1ccc(Cl)c(CO)c1. The van der Waals surface area contributed by atoms with Gasteiger partial charge in [0.2, 0.25) is 10.0 Å². The number of rotatable bonds is 6. The third-order valence-electron chi connectivity index (χ3n) is 2.93. The van der Waals surface area contributed by atoms with Crippen LogP contribution in [0.5, 0.6) is 0 Å². The van der Waals surface area contributed by atoms with Crippen molar-refractivity contribution >= 4 is 21.6 Å². The minimum Gasteiger partial charge on any atom is -0.392 e. The number of hydrogen-bond acceptors (Lipinski definition) is 4. The fraction of sp³-hybridized carbons (Fsp3) is 0.214. The Morgan fingerprint density at radius 2 is 2.10 bits per heavy atom. The summed E-state index contributed by atoms with van der Waals surface area (Å²) in [5.41, 5.74) is 1.33. The predicted molar refractivity (Wildman–Crippen MR) is 80.5 cm³/mol. The molecule has 0 spiro atoms. The molecule has 0 saturated heterocycles. The van der Waals surface area contributed by atoms with Gasteiger partial charge in [0.15, 0.2) is 0 Å². The van der Waals surface area contributed by atoms with Gasteiger partial charge in [-0.05, 0) is 41.8 Å². The van der Waals surface area contributed by atoms with Gasteiger partial charge in [-0.1, -0.05) is 17.7 Å². The molecule has 0 radical (unpaired) electrons. The molecule has 0 aliphatic rings. The smallest absolute Gasteiger partial charge is 0.240 e. The van der Waals surface area contributed by atoms with Crippen molar-refractivity contribution in [3.8, 4) is 0 Å². The Balaban J connectivity index is 2.05. The Kier molecular flexibility index (Phi) is 5.30. The number of nitrogens with one attached hydrogen (secondary N) is 1. The van der Waals surface area contributed by atoms with E-state index in [1.54, 1.807) is 18.5 Å². The van der Waals surface area contributed by atoms with Crippen LogP contribution in [0.3, 0.4) is 0 Å². The van der Waals surface area contributed by atoms with Crippen LogP contribution in [-0.2, 0) is 23.1 Å². The van der Waals surface area contributed by atoms with Crippen molar-refractivity contribution in [1.29, 1.82) is 0 Å². The summed E-state index contributed by atoms with van der Waals surface area (Å²) in [6.07, 6.45) is 3.91. The van der Waals surface area contributed by atoms with Gasteiger partial charge in [0.1, 0.15) is 0 Å². The summed E-state index contributed by atoms with van der Waals surface area (Å²) < 4.78 is 26.8. The van der Waals surface area contributed by atoms with Gasteiger partial charge >= 0.3 is 0 Å². The van der Waals surface area contributed by atoms with E-state index in [2.05, 4.69) is 9.71 Å². The number of aliphatic hydroxyl groups excluding tert-OH is 1. The van der Waals surface area contributed by atoms with Crippen molar-refractivity contribution in [3.05, 3.63) is 58.9 Å². The van der Waals surface area contributed by atoms with Gasteiger partial charge in [0.25, 0.3) is 0 Å². The fourth-order valence-electron chi connectivity index (χ4n) is 1.80. The van der Waals surface area contributed by atoms with Crippen molar-refractivity contribution in [2.45, 2.75) is 17.9 Å². The molecule has 0 fully saturated rings. The zero-order valence-electron chi connectivity index (χ0n) is 11.2. The van der Waals surface area contributed by atoms with E-state index < -0.39 is 10.0 Å². The van der Waals surface area contributed by atoms with Crippen LogP contribution in [0.4, 0.5) is 0 Å². The Morgan fingerprint density at radius 1 is 1.29 bits per heavy atom. The number of halogens is 1. The largest absolute Gasteiger partial charge is 0.392 e. The molecule has 2 N–H and O–H groups in total. The number of sulfonamides is 1. The van der Waals surface area contributed by atoms with Gasteiger partial charge in [-0.25, -0.2) is 13.1 Å². The molecule has 1 aromatic carbocycles. The fourth-order valence-corrected chi connectivity index (χ4v) is 3.06. The second-order valence-corrected chi connectivity index (χ2v) is 6.59. The Bertz CT molecular complexity index is 705. The molecule has 0 atom stereocenters. The summed E-state index contributed by atoms with van der Waals surface area (Å²) in [5, 5.41) is 9.47. The van der Waals surface area contributed by atoms with Crippen LogP contribution in [0.1, 0.15) is 11.1 Å². The first-order valence-corrected chi connectivity index (χ1v) is 8.17. The molecular weight excluding hydrogens is 312 g/mol. The molecule has 1 aromatic heterocycles. The van der Waals surface area contributed by atoms with E-state index >= 15 is 0 Å². The highest BCUT2D eigenvalue weighted by molar-refractivity contribution is 7.89. The molecule has 0 aliphatic carbocycles. The summed E-state index contributed by atoms with van der Waals surface area (Å²) >= 11 is 5.85. The van der Waals surface area contributed by atoms with Gasteiger partial charge in [-0.3, -0.25) is 4.98 Å². The van der Waals surface area contributed by atoms with E-state index in [9.17, 15) is 8.42 Å². The van der Waals surface area contributed by atoms with Gasteiger partial charge in [-0.15, -0.1) is 0 Å². The zero-order valence-corrected chi connectivity index (χ0v) is 12.7. The molecule has 21 heavy (non-hydrogen) atoms. The summed E-state index contributed by atoms with van der Waals surface area (Å²) in [4.78, 5) is 4.06. The van der Waals surface area contributed by atoms with E-state index in [4.69, 9.17) is 16.7 Å². The van der Waals surface area contributed by atoms with Gasteiger partial charge in [0, 0.05) is 24.0 Å². The monoisotopic (exact) mass is 326 g/mol. The standard InChI is InChI=1S/C14H15ClN2O3S/c15-14-4-3-13(8-12(14)10-18)21(19,20)17-7-5-11-2-1-6-16-9-11/h1-4,6,8-9,17-18H,5,7,10H2. The molecule has 0 unspecified atom stereocenters. The van der Waals surface area contributed by atoms with Crippen molar-refractivity contribution < 1.29 is 13.5 Å². The lowest BCUT2D eigenvalue weighted by atomic mass is 10.2. The minimum absolute atomic E-state index is 0.0853. The lowest BCUT2D eigenvalue weighted by Gasteiger charge is -2.08. The number of aromatic nitrogens is 1. The topological polar surface area (TPSA) is 79.3 Å². The Hall–Kier alpha value is -1.47. The number of benzene rings is 1. The number of pyridine rings is 1. The normalized spacial score (nSPS) is 11.5. The maximum Gasteiger partial charge on any atom is 0.240 e. The van der Waals surface area contributed by atoms with Crippen LogP contribution in [0.2, 0.25) is 5.02 Å². The van der Waals surface area contributed by atoms with Gasteiger partial charge in [0.05, 0.1) is 11.5 Å². The van der Waals surface area contributed by atoms with E-state index in [1.165, 1.54) is 18.2 Å². The molecule has 0 bridgehead atoms. The summed E-state index contributed by atoms with van der Waals surface area (Å²) in [6, 6.07) is 7.93. The van der Waals surface area contributed by atoms with E-state index in [-0.39, 0.29) is 18.0 Å². The van der Waals surface area contributed by atoms with Crippen molar-refractivity contribution in [2.24, 2.45) is 0 Å². The third kappa shape index (κ3) is 4.25. The van der Waals surface area contributed by atoms with Gasteiger partial charge < -0.3 is 5.11 Å². The molecule has 2 aromatic rings. The quantitative estimate of drug-likeness (QED) is 0.847. The summed E-state index contributed by atoms with van der Waals surface area (Å²) in [7, 11) is -3.62. The van der Waals surface area contributed by atoms with Crippen molar-refractivity contribution in [3.63, 3.8) is 0 Å². The van der Waals surface area contributed by atoms with E-state index in [0.29, 0.717) is 17.0 Å². The highest BCUT2D eigenvalue weighted by Crippen LogP contribution is 2.20. The molecule has 0 aliphatic heterocycles. The summed E-state index contributed by atoms with van der Waals surface area (Å²) in [5.74, 6) is 0. The average molecular weight is 327 g/mol. The molecule has 0 saturated carbocycles. The van der Waals surface area contributed by atoms with E-state index in [1.807, 2.05) is 6.07 Å². The molecule has 7 heteroatoms. The van der Waals surface area contributed by atoms with Gasteiger partial charge in [-0.2, -0.15) is 0 Å². The van der Waals surface area contributed by atoms with Crippen LogP contribution >= 0.6 is 11.6 Å². The first-order chi connectivity index (χ1) is 10.0. The molecule has 2 rings (SSSR count). The zero-order chi connectivity index (χ0) is 15.3. The van der Waals surface area contributed by atoms with Crippen molar-refractivity contribution in [2.75, 3.05) is 6.54 Å². The molecular formula is C14H15ClN2O3S. The molecule has 5 nitrogen and oxygen atoms in total. The highest BCUT2D eigenvalue weighted by atomic mass is 35.5. The average Bonchev–Trinajstić information content (AvgIpc) is 2.48. The lowest BCUT2D eigenvalue weighted by Crippen LogP contribution is -2.26. The number of aliphatic hydroxyl groups is 1. The van der Waals surface area contributed by atoms with Crippen LogP contribution in [0.25, 0.3) is 0 Å². The van der Waals surface area contributed by atoms with Crippen molar-refractivity contribution in [1.82, 2.24) is 9.71 Å². The highest BCUT2D eigenvalue weighted by Gasteiger charge is 2.15. The maximum absolute atomic E-state index is 12.2. The lowest BCUT2D eigenvalue weighted by molar-refractivity contribution is 0.281. The van der Waals surface area contributed by atoms with Crippen LogP contribution < -0.4 is 4.72 Å². The Morgan fingerprint density at radius 3 is 2.76 bits per heavy atom. The number of nitrogens with zero attached hydrogens (tertiary/aromatic N) is 1. The second-order valence-electron chi connectivity index (χ2n) is 4.42. The predicted octanol–water partition coefficient (Wildman–Crippen LogP) is 1.75. The Labute approximate surface area is 128 Å². The first kappa shape index (κ1) is 15.9. The van der Waals surface area contributed by atoms with Crippen LogP contribution in [-0.4, -0.2) is 25.1 Å². The maximum atomic E-state index is 12.2. The summed E-state index contributed by atoms with van der Waals surface area (Å²) in [6.45, 7) is -0.0387.